The Morgan fingerprint density at radius 2 is 1.59 bits per heavy atom. The predicted octanol–water partition coefficient (Wildman–Crippen LogP) is 4.83. The van der Waals surface area contributed by atoms with Crippen molar-refractivity contribution in [3.05, 3.63) is 57.1 Å². The van der Waals surface area contributed by atoms with Crippen LogP contribution in [0.1, 0.15) is 16.7 Å². The summed E-state index contributed by atoms with van der Waals surface area (Å²) in [7, 11) is 0. The van der Waals surface area contributed by atoms with Crippen molar-refractivity contribution >= 4 is 46.7 Å². The molecule has 2 aromatic carbocycles. The second-order valence-electron chi connectivity index (χ2n) is 4.58. The number of hydrogen-bond acceptors (Lipinski definition) is 4. The molecule has 0 saturated heterocycles. The van der Waals surface area contributed by atoms with Crippen molar-refractivity contribution in [1.82, 2.24) is 0 Å². The highest BCUT2D eigenvalue weighted by Gasteiger charge is 2.09. The van der Waals surface area contributed by atoms with Crippen LogP contribution in [0.15, 0.2) is 40.3 Å². The van der Waals surface area contributed by atoms with Gasteiger partial charge in [0, 0.05) is 15.6 Å². The highest BCUT2D eigenvalue weighted by Crippen LogP contribution is 2.32. The molecule has 110 valence electrons. The number of carbonyl (C=O) groups excluding carboxylic acids is 2. The van der Waals surface area contributed by atoms with E-state index in [9.17, 15) is 9.59 Å². The summed E-state index contributed by atoms with van der Waals surface area (Å²) in [6.07, 6.45) is 3.48. The summed E-state index contributed by atoms with van der Waals surface area (Å²) in [5, 5.41) is 1.09. The van der Waals surface area contributed by atoms with E-state index >= 15 is 0 Å². The number of nitrogens with zero attached hydrogens (tertiary/aromatic N) is 2. The van der Waals surface area contributed by atoms with Gasteiger partial charge in [-0.2, -0.15) is 9.98 Å². The van der Waals surface area contributed by atoms with E-state index in [2.05, 4.69) is 9.98 Å². The maximum Gasteiger partial charge on any atom is 0.240 e. The molecule has 0 atom stereocenters. The van der Waals surface area contributed by atoms with Crippen LogP contribution in [0.4, 0.5) is 11.4 Å². The molecule has 6 heteroatoms. The number of hydrogen-bond donors (Lipinski definition) is 0. The van der Waals surface area contributed by atoms with E-state index in [-0.39, 0.29) is 0 Å². The SMILES string of the molecule is Cc1c(N=C=O)cc(Cc2ccc(Cl)cc2Cl)cc1N=C=O. The largest absolute Gasteiger partial charge is 0.240 e. The minimum absolute atomic E-state index is 0.409. The molecule has 4 nitrogen and oxygen atoms in total. The second kappa shape index (κ2) is 7.17. The fraction of sp³-hybridized carbons (Fsp3) is 0.125. The molecule has 0 fully saturated rings. The first-order valence-electron chi connectivity index (χ1n) is 6.28. The Morgan fingerprint density at radius 3 is 2.09 bits per heavy atom. The average Bonchev–Trinajstić information content (AvgIpc) is 2.47. The van der Waals surface area contributed by atoms with E-state index in [1.165, 1.54) is 12.2 Å². The van der Waals surface area contributed by atoms with E-state index < -0.39 is 0 Å². The molecule has 0 unspecified atom stereocenters. The fourth-order valence-corrected chi connectivity index (χ4v) is 2.53. The van der Waals surface area contributed by atoms with E-state index in [1.54, 1.807) is 31.2 Å². The van der Waals surface area contributed by atoms with Gasteiger partial charge >= 0.3 is 0 Å². The van der Waals surface area contributed by atoms with Gasteiger partial charge in [-0.3, -0.25) is 0 Å². The summed E-state index contributed by atoms with van der Waals surface area (Å²) in [6, 6.07) is 8.67. The minimum Gasteiger partial charge on any atom is -0.211 e. The number of halogens is 2. The van der Waals surface area contributed by atoms with Crippen LogP contribution >= 0.6 is 23.2 Å². The van der Waals surface area contributed by atoms with Gasteiger partial charge in [-0.1, -0.05) is 29.3 Å². The molecule has 22 heavy (non-hydrogen) atoms. The third kappa shape index (κ3) is 3.70. The summed E-state index contributed by atoms with van der Waals surface area (Å²) >= 11 is 12.0. The predicted molar refractivity (Wildman–Crippen MR) is 86.0 cm³/mol. The first-order valence-corrected chi connectivity index (χ1v) is 7.04. The Hall–Kier alpha value is -2.22. The highest BCUT2D eigenvalue weighted by atomic mass is 35.5. The van der Waals surface area contributed by atoms with Crippen molar-refractivity contribution in [2.45, 2.75) is 13.3 Å². The topological polar surface area (TPSA) is 58.9 Å². The van der Waals surface area contributed by atoms with Crippen LogP contribution in [0.25, 0.3) is 0 Å². The monoisotopic (exact) mass is 332 g/mol. The van der Waals surface area contributed by atoms with Gasteiger partial charge in [0.05, 0.1) is 11.4 Å². The van der Waals surface area contributed by atoms with Gasteiger partial charge in [-0.25, -0.2) is 9.59 Å². The number of aliphatic imine (C=N–C) groups is 2. The molecule has 0 aliphatic heterocycles. The fourth-order valence-electron chi connectivity index (χ4n) is 2.06. The standard InChI is InChI=1S/C16H10Cl2N2O2/c1-10-15(19-8-21)5-11(6-16(10)20-9-22)4-12-2-3-13(17)7-14(12)18/h2-3,5-7H,4H2,1H3. The quantitative estimate of drug-likeness (QED) is 0.594. The van der Waals surface area contributed by atoms with E-state index in [0.29, 0.717) is 33.4 Å². The Bertz CT molecular complexity index is 782. The van der Waals surface area contributed by atoms with Crippen molar-refractivity contribution in [2.75, 3.05) is 0 Å². The summed E-state index contributed by atoms with van der Waals surface area (Å²) in [5.41, 5.74) is 3.09. The van der Waals surface area contributed by atoms with Gasteiger partial charge in [-0.05, 0) is 48.7 Å². The molecule has 0 aliphatic carbocycles. The first-order chi connectivity index (χ1) is 10.5. The van der Waals surface area contributed by atoms with Crippen LogP contribution in [-0.2, 0) is 16.0 Å². The highest BCUT2D eigenvalue weighted by molar-refractivity contribution is 6.35. The van der Waals surface area contributed by atoms with Crippen molar-refractivity contribution < 1.29 is 9.59 Å². The van der Waals surface area contributed by atoms with Gasteiger partial charge in [0.15, 0.2) is 0 Å². The molecule has 0 aliphatic rings. The Balaban J connectivity index is 2.50. The smallest absolute Gasteiger partial charge is 0.211 e. The van der Waals surface area contributed by atoms with Crippen LogP contribution in [0.5, 0.6) is 0 Å². The zero-order valence-electron chi connectivity index (χ0n) is 11.6. The van der Waals surface area contributed by atoms with E-state index in [4.69, 9.17) is 23.2 Å². The Morgan fingerprint density at radius 1 is 1.00 bits per heavy atom. The van der Waals surface area contributed by atoms with Crippen LogP contribution in [-0.4, -0.2) is 12.2 Å². The molecule has 0 spiro atoms. The third-order valence-electron chi connectivity index (χ3n) is 3.15. The average molecular weight is 333 g/mol. The maximum absolute atomic E-state index is 10.5. The van der Waals surface area contributed by atoms with Crippen LogP contribution in [0, 0.1) is 6.92 Å². The lowest BCUT2D eigenvalue weighted by Gasteiger charge is -2.09. The van der Waals surface area contributed by atoms with Gasteiger partial charge in [0.2, 0.25) is 12.2 Å². The molecule has 2 aromatic rings. The molecule has 0 heterocycles. The molecule has 0 bridgehead atoms. The molecule has 2 rings (SSSR count). The number of benzene rings is 2. The van der Waals surface area contributed by atoms with E-state index in [0.717, 1.165) is 11.1 Å². The lowest BCUT2D eigenvalue weighted by Crippen LogP contribution is -1.91. The van der Waals surface area contributed by atoms with Crippen molar-refractivity contribution in [3.8, 4) is 0 Å². The molecule has 0 radical (unpaired) electrons. The first kappa shape index (κ1) is 16.2. The number of isocyanates is 2. The van der Waals surface area contributed by atoms with Crippen molar-refractivity contribution in [2.24, 2.45) is 9.98 Å². The summed E-state index contributed by atoms with van der Waals surface area (Å²) in [5.74, 6) is 0. The van der Waals surface area contributed by atoms with Crippen molar-refractivity contribution in [3.63, 3.8) is 0 Å². The van der Waals surface area contributed by atoms with Crippen molar-refractivity contribution in [1.29, 1.82) is 0 Å². The van der Waals surface area contributed by atoms with Crippen LogP contribution in [0.3, 0.4) is 0 Å². The van der Waals surface area contributed by atoms with Gasteiger partial charge < -0.3 is 0 Å². The molecular weight excluding hydrogens is 323 g/mol. The van der Waals surface area contributed by atoms with E-state index in [1.807, 2.05) is 6.07 Å². The maximum atomic E-state index is 10.5. The lowest BCUT2D eigenvalue weighted by molar-refractivity contribution is 0.565. The lowest BCUT2D eigenvalue weighted by atomic mass is 10.0. The molecule has 0 N–H and O–H groups in total. The molecular formula is C16H10Cl2N2O2. The normalized spacial score (nSPS) is 9.77. The van der Waals surface area contributed by atoms with Gasteiger partial charge in [0.25, 0.3) is 0 Å². The van der Waals surface area contributed by atoms with Gasteiger partial charge in [-0.15, -0.1) is 0 Å². The summed E-state index contributed by atoms with van der Waals surface area (Å²) in [4.78, 5) is 28.3. The third-order valence-corrected chi connectivity index (χ3v) is 3.74. The molecule has 0 aromatic heterocycles. The zero-order valence-corrected chi connectivity index (χ0v) is 13.1. The minimum atomic E-state index is 0.409. The molecule has 0 amide bonds. The summed E-state index contributed by atoms with van der Waals surface area (Å²) < 4.78 is 0. The van der Waals surface area contributed by atoms with Gasteiger partial charge in [0.1, 0.15) is 0 Å². The van der Waals surface area contributed by atoms with Crippen LogP contribution in [0.2, 0.25) is 10.0 Å². The summed E-state index contributed by atoms with van der Waals surface area (Å²) in [6.45, 7) is 1.71. The number of rotatable bonds is 4. The second-order valence-corrected chi connectivity index (χ2v) is 5.42. The Labute approximate surface area is 137 Å². The molecule has 0 saturated carbocycles. The van der Waals surface area contributed by atoms with Crippen LogP contribution < -0.4 is 0 Å². The Kier molecular flexibility index (Phi) is 5.26. The zero-order chi connectivity index (χ0) is 16.1.